The van der Waals surface area contributed by atoms with Gasteiger partial charge in [-0.25, -0.2) is 14.2 Å². The van der Waals surface area contributed by atoms with Crippen molar-refractivity contribution in [3.05, 3.63) is 59.7 Å². The highest BCUT2D eigenvalue weighted by Crippen LogP contribution is 2.24. The number of benzene rings is 2. The number of methoxy groups -OCH3 is 1. The lowest BCUT2D eigenvalue weighted by Gasteiger charge is -2.10. The first-order valence-corrected chi connectivity index (χ1v) is 7.73. The molecule has 3 aromatic rings. The Morgan fingerprint density at radius 2 is 2.00 bits per heavy atom. The number of halogens is 1. The molecule has 0 spiro atoms. The number of rotatable bonds is 6. The SMILES string of the molecule is COCC(=O)Nc1cc(C(=O)O)c2c(c1)ncn2Cc1ccc(F)cc1. The van der Waals surface area contributed by atoms with Gasteiger partial charge in [0.25, 0.3) is 0 Å². The number of carbonyl (C=O) groups is 2. The van der Waals surface area contributed by atoms with Crippen molar-refractivity contribution in [3.63, 3.8) is 0 Å². The number of carbonyl (C=O) groups excluding carboxylic acids is 1. The van der Waals surface area contributed by atoms with E-state index in [1.165, 1.54) is 31.6 Å². The highest BCUT2D eigenvalue weighted by atomic mass is 19.1. The van der Waals surface area contributed by atoms with Crippen LogP contribution in [0.1, 0.15) is 15.9 Å². The van der Waals surface area contributed by atoms with Gasteiger partial charge >= 0.3 is 5.97 Å². The van der Waals surface area contributed by atoms with Crippen molar-refractivity contribution in [3.8, 4) is 0 Å². The number of amides is 1. The summed E-state index contributed by atoms with van der Waals surface area (Å²) in [6, 6.07) is 8.91. The van der Waals surface area contributed by atoms with Crippen LogP contribution < -0.4 is 5.32 Å². The maximum atomic E-state index is 13.1. The van der Waals surface area contributed by atoms with Crippen molar-refractivity contribution in [2.45, 2.75) is 6.54 Å². The normalized spacial score (nSPS) is 10.8. The molecule has 0 bridgehead atoms. The van der Waals surface area contributed by atoms with E-state index in [9.17, 15) is 19.1 Å². The van der Waals surface area contributed by atoms with Crippen LogP contribution in [-0.2, 0) is 16.1 Å². The van der Waals surface area contributed by atoms with Gasteiger partial charge < -0.3 is 19.7 Å². The Hall–Kier alpha value is -3.26. The second kappa shape index (κ2) is 7.32. The summed E-state index contributed by atoms with van der Waals surface area (Å²) in [6.07, 6.45) is 1.52. The first kappa shape index (κ1) is 17.6. The molecule has 0 unspecified atom stereocenters. The molecule has 3 rings (SSSR count). The summed E-state index contributed by atoms with van der Waals surface area (Å²) in [6.45, 7) is 0.200. The Labute approximate surface area is 148 Å². The lowest BCUT2D eigenvalue weighted by Crippen LogP contribution is -2.17. The molecule has 2 N–H and O–H groups in total. The smallest absolute Gasteiger partial charge is 0.337 e. The van der Waals surface area contributed by atoms with Crippen LogP contribution in [0.5, 0.6) is 0 Å². The van der Waals surface area contributed by atoms with Gasteiger partial charge in [-0.15, -0.1) is 0 Å². The lowest BCUT2D eigenvalue weighted by molar-refractivity contribution is -0.119. The maximum absolute atomic E-state index is 13.1. The number of carboxylic acid groups (broad SMARTS) is 1. The van der Waals surface area contributed by atoms with Crippen LogP contribution in [0.15, 0.2) is 42.7 Å². The number of hydrogen-bond acceptors (Lipinski definition) is 4. The van der Waals surface area contributed by atoms with Gasteiger partial charge in [-0.1, -0.05) is 12.1 Å². The predicted octanol–water partition coefficient (Wildman–Crippen LogP) is 2.51. The molecule has 0 fully saturated rings. The number of imidazole rings is 1. The minimum Gasteiger partial charge on any atom is -0.478 e. The molecule has 7 nitrogen and oxygen atoms in total. The van der Waals surface area contributed by atoms with Gasteiger partial charge in [-0.05, 0) is 29.8 Å². The van der Waals surface area contributed by atoms with Gasteiger partial charge in [0.2, 0.25) is 5.91 Å². The molecule has 26 heavy (non-hydrogen) atoms. The number of carboxylic acids is 1. The van der Waals surface area contributed by atoms with E-state index >= 15 is 0 Å². The van der Waals surface area contributed by atoms with E-state index in [1.807, 2.05) is 0 Å². The minimum absolute atomic E-state index is 0.00910. The summed E-state index contributed by atoms with van der Waals surface area (Å²) in [4.78, 5) is 27.6. The van der Waals surface area contributed by atoms with Crippen molar-refractivity contribution in [2.75, 3.05) is 19.0 Å². The second-order valence-corrected chi connectivity index (χ2v) is 5.68. The summed E-state index contributed by atoms with van der Waals surface area (Å²) in [5.41, 5.74) is 1.99. The Morgan fingerprint density at radius 3 is 2.65 bits per heavy atom. The Balaban J connectivity index is 2.00. The zero-order valence-electron chi connectivity index (χ0n) is 13.9. The quantitative estimate of drug-likeness (QED) is 0.707. The van der Waals surface area contributed by atoms with Crippen LogP contribution in [0.25, 0.3) is 11.0 Å². The first-order chi connectivity index (χ1) is 12.5. The number of anilines is 1. The van der Waals surface area contributed by atoms with E-state index in [-0.39, 0.29) is 18.0 Å². The van der Waals surface area contributed by atoms with E-state index in [2.05, 4.69) is 10.3 Å². The van der Waals surface area contributed by atoms with E-state index in [0.717, 1.165) is 5.56 Å². The highest BCUT2D eigenvalue weighted by Gasteiger charge is 2.17. The molecule has 1 amide bonds. The zero-order valence-corrected chi connectivity index (χ0v) is 13.9. The Kier molecular flexibility index (Phi) is 4.94. The summed E-state index contributed by atoms with van der Waals surface area (Å²) in [5.74, 6) is -1.88. The second-order valence-electron chi connectivity index (χ2n) is 5.68. The number of ether oxygens (including phenoxy) is 1. The third-order valence-corrected chi connectivity index (χ3v) is 3.77. The summed E-state index contributed by atoms with van der Waals surface area (Å²) in [7, 11) is 1.39. The molecule has 0 saturated heterocycles. The monoisotopic (exact) mass is 357 g/mol. The van der Waals surface area contributed by atoms with Crippen LogP contribution in [0.3, 0.4) is 0 Å². The first-order valence-electron chi connectivity index (χ1n) is 7.73. The summed E-state index contributed by atoms with van der Waals surface area (Å²) < 4.78 is 19.5. The standard InChI is InChI=1S/C18H16FN3O4/c1-26-9-16(23)21-13-6-14(18(24)25)17-15(7-13)20-10-22(17)8-11-2-4-12(19)5-3-11/h2-7,10H,8-9H2,1H3,(H,21,23)(H,24,25). The Bertz CT molecular complexity index is 966. The fraction of sp³-hybridized carbons (Fsp3) is 0.167. The number of hydrogen-bond donors (Lipinski definition) is 2. The molecule has 0 aliphatic carbocycles. The molecular weight excluding hydrogens is 341 g/mol. The van der Waals surface area contributed by atoms with E-state index in [4.69, 9.17) is 4.74 Å². The van der Waals surface area contributed by atoms with Crippen molar-refractivity contribution in [2.24, 2.45) is 0 Å². The van der Waals surface area contributed by atoms with Gasteiger partial charge in [-0.2, -0.15) is 0 Å². The molecule has 0 atom stereocenters. The van der Waals surface area contributed by atoms with Crippen LogP contribution >= 0.6 is 0 Å². The number of nitrogens with zero attached hydrogens (tertiary/aromatic N) is 2. The van der Waals surface area contributed by atoms with E-state index < -0.39 is 11.9 Å². The fourth-order valence-corrected chi connectivity index (χ4v) is 2.68. The predicted molar refractivity (Wildman–Crippen MR) is 92.7 cm³/mol. The molecule has 0 aliphatic rings. The summed E-state index contributed by atoms with van der Waals surface area (Å²) >= 11 is 0. The molecule has 0 saturated carbocycles. The molecule has 0 aliphatic heterocycles. The number of nitrogens with one attached hydrogen (secondary N) is 1. The molecule has 1 aromatic heterocycles. The maximum Gasteiger partial charge on any atom is 0.337 e. The molecule has 8 heteroatoms. The fourth-order valence-electron chi connectivity index (χ4n) is 2.68. The Morgan fingerprint density at radius 1 is 1.27 bits per heavy atom. The van der Waals surface area contributed by atoms with Crippen LogP contribution in [0, 0.1) is 5.82 Å². The lowest BCUT2D eigenvalue weighted by atomic mass is 10.1. The van der Waals surface area contributed by atoms with Gasteiger partial charge in [0, 0.05) is 19.3 Å². The molecular formula is C18H16FN3O4. The van der Waals surface area contributed by atoms with Crippen LogP contribution in [-0.4, -0.2) is 40.3 Å². The molecule has 134 valence electrons. The van der Waals surface area contributed by atoms with Crippen LogP contribution in [0.4, 0.5) is 10.1 Å². The van der Waals surface area contributed by atoms with Gasteiger partial charge in [0.15, 0.2) is 0 Å². The number of aromatic carboxylic acids is 1. The van der Waals surface area contributed by atoms with E-state index in [1.54, 1.807) is 22.8 Å². The van der Waals surface area contributed by atoms with E-state index in [0.29, 0.717) is 23.3 Å². The summed E-state index contributed by atoms with van der Waals surface area (Å²) in [5, 5.41) is 12.1. The van der Waals surface area contributed by atoms with Gasteiger partial charge in [0.05, 0.1) is 22.9 Å². The zero-order chi connectivity index (χ0) is 18.7. The number of aromatic nitrogens is 2. The van der Waals surface area contributed by atoms with Gasteiger partial charge in [0.1, 0.15) is 12.4 Å². The average Bonchev–Trinajstić information content (AvgIpc) is 2.99. The molecule has 1 heterocycles. The van der Waals surface area contributed by atoms with Crippen molar-refractivity contribution in [1.82, 2.24) is 9.55 Å². The largest absolute Gasteiger partial charge is 0.478 e. The third kappa shape index (κ3) is 3.70. The topological polar surface area (TPSA) is 93.4 Å². The third-order valence-electron chi connectivity index (χ3n) is 3.77. The highest BCUT2D eigenvalue weighted by molar-refractivity contribution is 6.04. The number of fused-ring (bicyclic) bond motifs is 1. The average molecular weight is 357 g/mol. The van der Waals surface area contributed by atoms with Crippen molar-refractivity contribution >= 4 is 28.6 Å². The minimum atomic E-state index is -1.14. The molecule has 0 radical (unpaired) electrons. The van der Waals surface area contributed by atoms with Crippen molar-refractivity contribution < 1.29 is 23.8 Å². The van der Waals surface area contributed by atoms with Crippen LogP contribution in [0.2, 0.25) is 0 Å². The van der Waals surface area contributed by atoms with Crippen molar-refractivity contribution in [1.29, 1.82) is 0 Å². The molecule has 2 aromatic carbocycles. The van der Waals surface area contributed by atoms with Gasteiger partial charge in [-0.3, -0.25) is 4.79 Å².